The van der Waals surface area contributed by atoms with Crippen molar-refractivity contribution in [3.05, 3.63) is 63.1 Å². The maximum atomic E-state index is 13.6. The number of hydrogen-bond acceptors (Lipinski definition) is 2. The van der Waals surface area contributed by atoms with Gasteiger partial charge in [-0.15, -0.1) is 0 Å². The molecule has 1 unspecified atom stereocenters. The van der Waals surface area contributed by atoms with Crippen LogP contribution in [0.3, 0.4) is 0 Å². The smallest absolute Gasteiger partial charge is 0.131 e. The molecule has 2 rings (SSSR count). The van der Waals surface area contributed by atoms with Crippen molar-refractivity contribution in [1.29, 1.82) is 0 Å². The summed E-state index contributed by atoms with van der Waals surface area (Å²) >= 11 is 3.48. The highest BCUT2D eigenvalue weighted by Gasteiger charge is 2.13. The Bertz CT molecular complexity index is 638. The van der Waals surface area contributed by atoms with E-state index in [-0.39, 0.29) is 12.1 Å². The van der Waals surface area contributed by atoms with Crippen molar-refractivity contribution in [1.82, 2.24) is 0 Å². The molecule has 2 aromatic carbocycles. The Morgan fingerprint density at radius 2 is 1.76 bits per heavy atom. The van der Waals surface area contributed by atoms with Crippen LogP contribution in [0.25, 0.3) is 0 Å². The second-order valence-electron chi connectivity index (χ2n) is 4.99. The summed E-state index contributed by atoms with van der Waals surface area (Å²) in [5.41, 5.74) is 3.06. The minimum absolute atomic E-state index is 0.0782. The van der Waals surface area contributed by atoms with E-state index in [1.54, 1.807) is 0 Å². The van der Waals surface area contributed by atoms with Crippen LogP contribution < -0.4 is 5.32 Å². The lowest BCUT2D eigenvalue weighted by molar-refractivity contribution is 0.186. The molecule has 2 nitrogen and oxygen atoms in total. The minimum atomic E-state index is -1.05. The van der Waals surface area contributed by atoms with Crippen LogP contribution in [0.4, 0.5) is 14.5 Å². The minimum Gasteiger partial charge on any atom is -0.386 e. The number of aliphatic hydroxyl groups is 1. The first kappa shape index (κ1) is 15.9. The molecule has 0 saturated carbocycles. The van der Waals surface area contributed by atoms with E-state index >= 15 is 0 Å². The summed E-state index contributed by atoms with van der Waals surface area (Å²) in [6.45, 7) is 4.08. The molecule has 21 heavy (non-hydrogen) atoms. The molecular formula is C16H16BrF2NO. The van der Waals surface area contributed by atoms with Crippen molar-refractivity contribution in [2.75, 3.05) is 11.9 Å². The Kier molecular flexibility index (Phi) is 4.96. The van der Waals surface area contributed by atoms with Gasteiger partial charge in [0.15, 0.2) is 0 Å². The van der Waals surface area contributed by atoms with Crippen LogP contribution in [0.15, 0.2) is 34.8 Å². The van der Waals surface area contributed by atoms with Gasteiger partial charge < -0.3 is 10.4 Å². The van der Waals surface area contributed by atoms with Gasteiger partial charge >= 0.3 is 0 Å². The van der Waals surface area contributed by atoms with Gasteiger partial charge in [0.25, 0.3) is 0 Å². The summed E-state index contributed by atoms with van der Waals surface area (Å²) in [7, 11) is 0. The van der Waals surface area contributed by atoms with E-state index in [1.165, 1.54) is 6.07 Å². The fourth-order valence-corrected chi connectivity index (χ4v) is 2.37. The number of aliphatic hydroxyl groups excluding tert-OH is 1. The lowest BCUT2D eigenvalue weighted by atomic mass is 10.1. The molecule has 0 amide bonds. The number of halogens is 3. The third-order valence-corrected chi connectivity index (χ3v) is 4.51. The quantitative estimate of drug-likeness (QED) is 0.846. The number of hydrogen-bond donors (Lipinski definition) is 2. The zero-order valence-electron chi connectivity index (χ0n) is 11.8. The molecule has 1 atom stereocenters. The van der Waals surface area contributed by atoms with Crippen LogP contribution in [0.1, 0.15) is 22.8 Å². The zero-order chi connectivity index (χ0) is 15.6. The van der Waals surface area contributed by atoms with Crippen LogP contribution in [-0.2, 0) is 0 Å². The van der Waals surface area contributed by atoms with Gasteiger partial charge in [0.05, 0.1) is 6.10 Å². The summed E-state index contributed by atoms with van der Waals surface area (Å²) in [4.78, 5) is 0. The fraction of sp³-hybridized carbons (Fsp3) is 0.250. The monoisotopic (exact) mass is 355 g/mol. The van der Waals surface area contributed by atoms with E-state index in [0.29, 0.717) is 0 Å². The molecule has 0 aliphatic carbocycles. The first-order valence-corrected chi connectivity index (χ1v) is 7.31. The Morgan fingerprint density at radius 3 is 2.33 bits per heavy atom. The van der Waals surface area contributed by atoms with E-state index in [9.17, 15) is 13.9 Å². The highest BCUT2D eigenvalue weighted by atomic mass is 79.9. The van der Waals surface area contributed by atoms with Gasteiger partial charge in [-0.05, 0) is 43.2 Å². The second kappa shape index (κ2) is 6.54. The molecule has 5 heteroatoms. The van der Waals surface area contributed by atoms with Crippen molar-refractivity contribution in [3.63, 3.8) is 0 Å². The number of rotatable bonds is 4. The predicted molar refractivity (Wildman–Crippen MR) is 83.4 cm³/mol. The average Bonchev–Trinajstić information content (AvgIpc) is 2.42. The van der Waals surface area contributed by atoms with Gasteiger partial charge in [0, 0.05) is 28.3 Å². The average molecular weight is 356 g/mol. The molecule has 0 aliphatic heterocycles. The molecule has 2 aromatic rings. The Hall–Kier alpha value is -1.46. The maximum Gasteiger partial charge on any atom is 0.131 e. The van der Waals surface area contributed by atoms with Gasteiger partial charge in [0.1, 0.15) is 11.6 Å². The van der Waals surface area contributed by atoms with Gasteiger partial charge in [-0.1, -0.05) is 22.0 Å². The highest BCUT2D eigenvalue weighted by Crippen LogP contribution is 2.26. The number of aryl methyl sites for hydroxylation is 2. The Labute approximate surface area is 130 Å². The number of anilines is 1. The van der Waals surface area contributed by atoms with Crippen LogP contribution in [0, 0.1) is 25.5 Å². The van der Waals surface area contributed by atoms with Crippen LogP contribution in [0.2, 0.25) is 0 Å². The third kappa shape index (κ3) is 3.80. The van der Waals surface area contributed by atoms with Crippen LogP contribution >= 0.6 is 15.9 Å². The van der Waals surface area contributed by atoms with E-state index in [1.807, 2.05) is 26.0 Å². The summed E-state index contributed by atoms with van der Waals surface area (Å²) < 4.78 is 27.5. The lowest BCUT2D eigenvalue weighted by Gasteiger charge is -2.15. The summed E-state index contributed by atoms with van der Waals surface area (Å²) in [6.07, 6.45) is -1.05. The molecule has 112 valence electrons. The van der Waals surface area contributed by atoms with Crippen LogP contribution in [0.5, 0.6) is 0 Å². The molecular weight excluding hydrogens is 340 g/mol. The van der Waals surface area contributed by atoms with Gasteiger partial charge in [-0.25, -0.2) is 8.78 Å². The zero-order valence-corrected chi connectivity index (χ0v) is 13.3. The predicted octanol–water partition coefficient (Wildman–Crippen LogP) is 4.49. The summed E-state index contributed by atoms with van der Waals surface area (Å²) in [6, 6.07) is 7.03. The van der Waals surface area contributed by atoms with E-state index < -0.39 is 17.7 Å². The van der Waals surface area contributed by atoms with Crippen molar-refractivity contribution in [2.24, 2.45) is 0 Å². The summed E-state index contributed by atoms with van der Waals surface area (Å²) in [5, 5.41) is 13.1. The van der Waals surface area contributed by atoms with Crippen molar-refractivity contribution >= 4 is 21.6 Å². The van der Waals surface area contributed by atoms with E-state index in [4.69, 9.17) is 0 Å². The highest BCUT2D eigenvalue weighted by molar-refractivity contribution is 9.10. The molecule has 0 radical (unpaired) electrons. The molecule has 2 N–H and O–H groups in total. The van der Waals surface area contributed by atoms with Crippen molar-refractivity contribution < 1.29 is 13.9 Å². The number of benzene rings is 2. The molecule has 0 aromatic heterocycles. The first-order valence-electron chi connectivity index (χ1n) is 6.52. The SMILES string of the molecule is Cc1cc(NCC(O)c2ccc(F)cc2F)cc(C)c1Br. The van der Waals surface area contributed by atoms with Crippen molar-refractivity contribution in [2.45, 2.75) is 20.0 Å². The number of nitrogens with one attached hydrogen (secondary N) is 1. The maximum absolute atomic E-state index is 13.6. The topological polar surface area (TPSA) is 32.3 Å². The van der Waals surface area contributed by atoms with Gasteiger partial charge in [-0.2, -0.15) is 0 Å². The molecule has 0 fully saturated rings. The molecule has 0 saturated heterocycles. The normalized spacial score (nSPS) is 12.3. The molecule has 0 spiro atoms. The third-order valence-electron chi connectivity index (χ3n) is 3.26. The van der Waals surface area contributed by atoms with Crippen LogP contribution in [-0.4, -0.2) is 11.7 Å². The lowest BCUT2D eigenvalue weighted by Crippen LogP contribution is -2.14. The van der Waals surface area contributed by atoms with Gasteiger partial charge in [-0.3, -0.25) is 0 Å². The largest absolute Gasteiger partial charge is 0.386 e. The molecule has 0 aliphatic rings. The van der Waals surface area contributed by atoms with E-state index in [2.05, 4.69) is 21.2 Å². The van der Waals surface area contributed by atoms with Gasteiger partial charge in [0.2, 0.25) is 0 Å². The fourth-order valence-electron chi connectivity index (χ4n) is 2.14. The first-order chi connectivity index (χ1) is 9.88. The van der Waals surface area contributed by atoms with E-state index in [0.717, 1.165) is 33.4 Å². The van der Waals surface area contributed by atoms with Crippen molar-refractivity contribution in [3.8, 4) is 0 Å². The molecule has 0 heterocycles. The Morgan fingerprint density at radius 1 is 1.14 bits per heavy atom. The summed E-state index contributed by atoms with van der Waals surface area (Å²) in [5.74, 6) is -1.40. The Balaban J connectivity index is 2.09. The second-order valence-corrected chi connectivity index (χ2v) is 5.78. The molecule has 0 bridgehead atoms. The standard InChI is InChI=1S/C16H16BrF2NO/c1-9-5-12(6-10(2)16(9)17)20-8-15(21)13-4-3-11(18)7-14(13)19/h3-7,15,20-21H,8H2,1-2H3.